The number of hydrogen-bond donors (Lipinski definition) is 1. The summed E-state index contributed by atoms with van der Waals surface area (Å²) < 4.78 is 0. The minimum atomic E-state index is 0.313. The van der Waals surface area contributed by atoms with Gasteiger partial charge < -0.3 is 5.73 Å². The smallest absolute Gasteiger partial charge is 0.0354 e. The van der Waals surface area contributed by atoms with Crippen molar-refractivity contribution >= 4 is 0 Å². The topological polar surface area (TPSA) is 29.3 Å². The van der Waals surface area contributed by atoms with Crippen LogP contribution in [0.15, 0.2) is 0 Å². The van der Waals surface area contributed by atoms with Crippen molar-refractivity contribution in [1.82, 2.24) is 4.90 Å². The summed E-state index contributed by atoms with van der Waals surface area (Å²) in [4.78, 5) is 2.61. The third kappa shape index (κ3) is 2.14. The molecule has 16 heavy (non-hydrogen) atoms. The number of likely N-dealkylation sites (N-methyl/N-ethyl adjacent to an activating group) is 1. The van der Waals surface area contributed by atoms with Gasteiger partial charge in [0.2, 0.25) is 0 Å². The van der Waals surface area contributed by atoms with Crippen molar-refractivity contribution in [2.24, 2.45) is 17.6 Å². The first kappa shape index (κ1) is 12.4. The summed E-state index contributed by atoms with van der Waals surface area (Å²) >= 11 is 0. The van der Waals surface area contributed by atoms with Crippen LogP contribution in [-0.2, 0) is 0 Å². The second-order valence-corrected chi connectivity index (χ2v) is 6.13. The van der Waals surface area contributed by atoms with Crippen molar-refractivity contribution < 1.29 is 0 Å². The van der Waals surface area contributed by atoms with Gasteiger partial charge in [-0.1, -0.05) is 26.2 Å². The molecule has 2 N–H and O–H groups in total. The number of hydrogen-bond acceptors (Lipinski definition) is 2. The molecule has 2 atom stereocenters. The summed E-state index contributed by atoms with van der Waals surface area (Å²) in [5.74, 6) is 1.74. The summed E-state index contributed by atoms with van der Waals surface area (Å²) in [6, 6.07) is 0. The molecular weight excluding hydrogens is 196 g/mol. The largest absolute Gasteiger partial charge is 0.329 e. The number of rotatable bonds is 4. The summed E-state index contributed by atoms with van der Waals surface area (Å²) in [5, 5.41) is 0. The van der Waals surface area contributed by atoms with Crippen LogP contribution in [0, 0.1) is 11.8 Å². The molecule has 2 saturated carbocycles. The fourth-order valence-corrected chi connectivity index (χ4v) is 3.67. The van der Waals surface area contributed by atoms with Crippen molar-refractivity contribution in [2.45, 2.75) is 57.4 Å². The van der Waals surface area contributed by atoms with Gasteiger partial charge in [0.1, 0.15) is 0 Å². The zero-order valence-corrected chi connectivity index (χ0v) is 11.0. The van der Waals surface area contributed by atoms with Crippen LogP contribution < -0.4 is 5.73 Å². The average molecular weight is 224 g/mol. The first-order valence-corrected chi connectivity index (χ1v) is 7.10. The Labute approximate surface area is 101 Å². The third-order valence-electron chi connectivity index (χ3n) is 5.28. The molecule has 2 rings (SSSR count). The van der Waals surface area contributed by atoms with Crippen molar-refractivity contribution in [1.29, 1.82) is 0 Å². The van der Waals surface area contributed by atoms with Crippen molar-refractivity contribution in [2.75, 3.05) is 20.1 Å². The van der Waals surface area contributed by atoms with E-state index in [-0.39, 0.29) is 0 Å². The highest BCUT2D eigenvalue weighted by molar-refractivity contribution is 4.98. The van der Waals surface area contributed by atoms with E-state index in [1.807, 2.05) is 0 Å². The Morgan fingerprint density at radius 3 is 2.44 bits per heavy atom. The maximum atomic E-state index is 6.12. The van der Waals surface area contributed by atoms with E-state index >= 15 is 0 Å². The van der Waals surface area contributed by atoms with Crippen molar-refractivity contribution in [3.63, 3.8) is 0 Å². The van der Waals surface area contributed by atoms with Gasteiger partial charge in [-0.05, 0) is 44.6 Å². The minimum Gasteiger partial charge on any atom is -0.329 e. The van der Waals surface area contributed by atoms with Crippen LogP contribution in [0.25, 0.3) is 0 Å². The molecule has 0 amide bonds. The lowest BCUT2D eigenvalue weighted by molar-refractivity contribution is 0.0134. The second-order valence-electron chi connectivity index (χ2n) is 6.13. The Kier molecular flexibility index (Phi) is 3.91. The minimum absolute atomic E-state index is 0.313. The molecule has 0 aliphatic heterocycles. The lowest BCUT2D eigenvalue weighted by Crippen LogP contribution is -2.59. The average Bonchev–Trinajstić information content (AvgIpc) is 2.24. The summed E-state index contributed by atoms with van der Waals surface area (Å²) in [7, 11) is 2.31. The molecule has 2 aliphatic rings. The maximum Gasteiger partial charge on any atom is 0.0354 e. The van der Waals surface area contributed by atoms with Crippen LogP contribution >= 0.6 is 0 Å². The van der Waals surface area contributed by atoms with Crippen LogP contribution in [0.3, 0.4) is 0 Å². The molecule has 2 unspecified atom stereocenters. The van der Waals surface area contributed by atoms with Gasteiger partial charge in [-0.2, -0.15) is 0 Å². The van der Waals surface area contributed by atoms with E-state index < -0.39 is 0 Å². The summed E-state index contributed by atoms with van der Waals surface area (Å²) in [6.07, 6.45) is 9.79. The molecule has 2 nitrogen and oxygen atoms in total. The first-order chi connectivity index (χ1) is 7.69. The van der Waals surface area contributed by atoms with Gasteiger partial charge in [0.05, 0.1) is 0 Å². The maximum absolute atomic E-state index is 6.12. The second kappa shape index (κ2) is 5.05. The zero-order valence-electron chi connectivity index (χ0n) is 11.0. The van der Waals surface area contributed by atoms with E-state index in [9.17, 15) is 0 Å². The van der Waals surface area contributed by atoms with E-state index in [4.69, 9.17) is 5.73 Å². The third-order valence-corrected chi connectivity index (χ3v) is 5.28. The number of nitrogens with zero attached hydrogens (tertiary/aromatic N) is 1. The lowest BCUT2D eigenvalue weighted by Gasteiger charge is -2.50. The Hall–Kier alpha value is -0.0800. The Morgan fingerprint density at radius 1 is 1.19 bits per heavy atom. The standard InChI is InChI=1S/C14H28N2/c1-12-6-3-4-9-14(12,11-15)16(2)10-13-7-5-8-13/h12-13H,3-11,15H2,1-2H3. The van der Waals surface area contributed by atoms with E-state index in [0.717, 1.165) is 18.4 Å². The Morgan fingerprint density at radius 2 is 1.94 bits per heavy atom. The van der Waals surface area contributed by atoms with E-state index in [2.05, 4.69) is 18.9 Å². The molecule has 2 heteroatoms. The zero-order chi connectivity index (χ0) is 11.6. The van der Waals surface area contributed by atoms with Gasteiger partial charge in [0.15, 0.2) is 0 Å². The van der Waals surface area contributed by atoms with Crippen LogP contribution in [0.4, 0.5) is 0 Å². The van der Waals surface area contributed by atoms with E-state index in [1.165, 1.54) is 51.5 Å². The molecule has 0 saturated heterocycles. The monoisotopic (exact) mass is 224 g/mol. The summed E-state index contributed by atoms with van der Waals surface area (Å²) in [6.45, 7) is 4.53. The molecule has 0 heterocycles. The van der Waals surface area contributed by atoms with Gasteiger partial charge in [-0.25, -0.2) is 0 Å². The fraction of sp³-hybridized carbons (Fsp3) is 1.00. The molecular formula is C14H28N2. The Bertz CT molecular complexity index is 225. The molecule has 0 spiro atoms. The molecule has 0 aromatic heterocycles. The van der Waals surface area contributed by atoms with Gasteiger partial charge in [0, 0.05) is 18.6 Å². The SMILES string of the molecule is CC1CCCCC1(CN)N(C)CC1CCC1. The molecule has 94 valence electrons. The highest BCUT2D eigenvalue weighted by Crippen LogP contribution is 2.39. The highest BCUT2D eigenvalue weighted by atomic mass is 15.2. The lowest BCUT2D eigenvalue weighted by atomic mass is 9.71. The first-order valence-electron chi connectivity index (χ1n) is 7.10. The predicted molar refractivity (Wildman–Crippen MR) is 69.4 cm³/mol. The van der Waals surface area contributed by atoms with Gasteiger partial charge in [-0.15, -0.1) is 0 Å². The van der Waals surface area contributed by atoms with E-state index in [1.54, 1.807) is 0 Å². The molecule has 0 radical (unpaired) electrons. The highest BCUT2D eigenvalue weighted by Gasteiger charge is 2.41. The number of nitrogens with two attached hydrogens (primary N) is 1. The molecule has 0 bridgehead atoms. The van der Waals surface area contributed by atoms with Crippen LogP contribution in [0.5, 0.6) is 0 Å². The molecule has 0 aromatic carbocycles. The molecule has 2 fully saturated rings. The van der Waals surface area contributed by atoms with Crippen molar-refractivity contribution in [3.8, 4) is 0 Å². The summed E-state index contributed by atoms with van der Waals surface area (Å²) in [5.41, 5.74) is 6.44. The Balaban J connectivity index is 1.99. The van der Waals surface area contributed by atoms with Gasteiger partial charge in [-0.3, -0.25) is 4.90 Å². The fourth-order valence-electron chi connectivity index (χ4n) is 3.67. The van der Waals surface area contributed by atoms with Crippen LogP contribution in [0.1, 0.15) is 51.9 Å². The quantitative estimate of drug-likeness (QED) is 0.795. The van der Waals surface area contributed by atoms with Gasteiger partial charge >= 0.3 is 0 Å². The predicted octanol–water partition coefficient (Wildman–Crippen LogP) is 2.63. The molecule has 0 aromatic rings. The molecule has 2 aliphatic carbocycles. The van der Waals surface area contributed by atoms with Crippen molar-refractivity contribution in [3.05, 3.63) is 0 Å². The van der Waals surface area contributed by atoms with Crippen LogP contribution in [-0.4, -0.2) is 30.6 Å². The van der Waals surface area contributed by atoms with E-state index in [0.29, 0.717) is 5.54 Å². The normalized spacial score (nSPS) is 36.4. The van der Waals surface area contributed by atoms with Gasteiger partial charge in [0.25, 0.3) is 0 Å². The van der Waals surface area contributed by atoms with Crippen LogP contribution in [0.2, 0.25) is 0 Å².